The number of nitrogens with zero attached hydrogens (tertiary/aromatic N) is 1. The van der Waals surface area contributed by atoms with Crippen LogP contribution < -0.4 is 10.1 Å². The summed E-state index contributed by atoms with van der Waals surface area (Å²) in [6, 6.07) is 16.5. The Morgan fingerprint density at radius 1 is 1.06 bits per heavy atom. The summed E-state index contributed by atoms with van der Waals surface area (Å²) in [5.41, 5.74) is 4.19. The summed E-state index contributed by atoms with van der Waals surface area (Å²) in [7, 11) is 0. The van der Waals surface area contributed by atoms with Gasteiger partial charge in [-0.2, -0.15) is 5.26 Å². The second-order valence-corrected chi connectivity index (χ2v) is 9.82. The van der Waals surface area contributed by atoms with E-state index in [0.717, 1.165) is 16.7 Å². The fraction of sp³-hybridized carbons (Fsp3) is 0.120. The molecular weight excluding hydrogens is 591 g/mol. The number of ether oxygens (including phenoxy) is 1. The summed E-state index contributed by atoms with van der Waals surface area (Å²) >= 11 is 19.0. The van der Waals surface area contributed by atoms with E-state index in [9.17, 15) is 10.1 Å². The number of carbonyl (C=O) groups excluding carboxylic acids is 1. The van der Waals surface area contributed by atoms with Gasteiger partial charge in [-0.1, -0.05) is 47.0 Å². The van der Waals surface area contributed by atoms with E-state index in [-0.39, 0.29) is 12.2 Å². The number of hydrogen-bond acceptors (Lipinski definition) is 3. The van der Waals surface area contributed by atoms with Crippen molar-refractivity contribution in [3.05, 3.63) is 95.3 Å². The van der Waals surface area contributed by atoms with Gasteiger partial charge in [0.05, 0.1) is 19.0 Å². The van der Waals surface area contributed by atoms with E-state index in [1.165, 1.54) is 6.08 Å². The van der Waals surface area contributed by atoms with Crippen LogP contribution in [0.15, 0.2) is 63.0 Å². The number of aryl methyl sites for hydroxylation is 2. The minimum absolute atomic E-state index is 0.0155. The van der Waals surface area contributed by atoms with Crippen LogP contribution in [0.1, 0.15) is 22.3 Å². The van der Waals surface area contributed by atoms with Gasteiger partial charge in [0, 0.05) is 5.69 Å². The molecule has 33 heavy (non-hydrogen) atoms. The summed E-state index contributed by atoms with van der Waals surface area (Å²) in [5.74, 6) is 0.105. The molecule has 0 atom stereocenters. The number of nitriles is 1. The van der Waals surface area contributed by atoms with E-state index in [1.807, 2.05) is 44.2 Å². The lowest BCUT2D eigenvalue weighted by Gasteiger charge is -2.12. The Labute approximate surface area is 219 Å². The van der Waals surface area contributed by atoms with Crippen LogP contribution in [0.5, 0.6) is 5.75 Å². The summed E-state index contributed by atoms with van der Waals surface area (Å²) in [6.07, 6.45) is 1.52. The molecule has 0 aliphatic heterocycles. The van der Waals surface area contributed by atoms with Gasteiger partial charge in [0.1, 0.15) is 24.0 Å². The van der Waals surface area contributed by atoms with E-state index in [2.05, 4.69) is 37.2 Å². The van der Waals surface area contributed by atoms with Crippen LogP contribution in [-0.4, -0.2) is 5.91 Å². The monoisotopic (exact) mass is 606 g/mol. The van der Waals surface area contributed by atoms with Crippen molar-refractivity contribution in [2.24, 2.45) is 0 Å². The van der Waals surface area contributed by atoms with Crippen LogP contribution >= 0.6 is 55.1 Å². The molecule has 1 N–H and O–H groups in total. The van der Waals surface area contributed by atoms with Gasteiger partial charge >= 0.3 is 0 Å². The first-order valence-corrected chi connectivity index (χ1v) is 12.1. The Bertz CT molecular complexity index is 1280. The minimum Gasteiger partial charge on any atom is -0.487 e. The molecule has 0 unspecified atom stereocenters. The number of halogens is 4. The standard InChI is InChI=1S/C25H18Br2Cl2N2O2/c1-14-3-6-23(15(2)7-14)31-25(32)18(12-30)8-17-9-19(26)24(20(27)10-17)33-13-16-4-5-21(28)22(29)11-16/h3-11H,13H2,1-2H3,(H,31,32)/b18-8+. The highest BCUT2D eigenvalue weighted by molar-refractivity contribution is 9.11. The van der Waals surface area contributed by atoms with Crippen molar-refractivity contribution in [3.8, 4) is 11.8 Å². The first kappa shape index (κ1) is 25.3. The molecule has 3 aromatic carbocycles. The molecule has 0 heterocycles. The lowest BCUT2D eigenvalue weighted by molar-refractivity contribution is -0.112. The van der Waals surface area contributed by atoms with Crippen LogP contribution in [-0.2, 0) is 11.4 Å². The second kappa shape index (κ2) is 11.2. The van der Waals surface area contributed by atoms with Gasteiger partial charge in [-0.3, -0.25) is 4.79 Å². The largest absolute Gasteiger partial charge is 0.487 e. The molecule has 0 fully saturated rings. The third kappa shape index (κ3) is 6.61. The molecule has 0 spiro atoms. The van der Waals surface area contributed by atoms with Gasteiger partial charge in [0.2, 0.25) is 0 Å². The number of nitrogens with one attached hydrogen (secondary N) is 1. The lowest BCUT2D eigenvalue weighted by Crippen LogP contribution is -2.14. The average Bonchev–Trinajstić information content (AvgIpc) is 2.75. The zero-order valence-corrected chi connectivity index (χ0v) is 22.4. The van der Waals surface area contributed by atoms with E-state index in [4.69, 9.17) is 27.9 Å². The van der Waals surface area contributed by atoms with Gasteiger partial charge in [0.25, 0.3) is 5.91 Å². The molecule has 0 aromatic heterocycles. The van der Waals surface area contributed by atoms with Gasteiger partial charge in [-0.15, -0.1) is 0 Å². The SMILES string of the molecule is Cc1ccc(NC(=O)/C(C#N)=C/c2cc(Br)c(OCc3ccc(Cl)c(Cl)c3)c(Br)c2)c(C)c1. The molecule has 0 saturated heterocycles. The Morgan fingerprint density at radius 3 is 2.36 bits per heavy atom. The highest BCUT2D eigenvalue weighted by atomic mass is 79.9. The maximum atomic E-state index is 12.7. The summed E-state index contributed by atoms with van der Waals surface area (Å²) in [6.45, 7) is 4.17. The molecule has 0 aliphatic rings. The third-order valence-corrected chi connectivity index (χ3v) is 6.61. The topological polar surface area (TPSA) is 62.1 Å². The predicted molar refractivity (Wildman–Crippen MR) is 141 cm³/mol. The highest BCUT2D eigenvalue weighted by Crippen LogP contribution is 2.36. The van der Waals surface area contributed by atoms with Gasteiger partial charge in [-0.25, -0.2) is 0 Å². The Hall–Kier alpha value is -2.30. The first-order chi connectivity index (χ1) is 15.7. The molecule has 0 bridgehead atoms. The van der Waals surface area contributed by atoms with Crippen molar-refractivity contribution in [1.29, 1.82) is 5.26 Å². The number of hydrogen-bond donors (Lipinski definition) is 1. The Balaban J connectivity index is 1.78. The molecule has 4 nitrogen and oxygen atoms in total. The molecule has 1 amide bonds. The number of anilines is 1. The van der Waals surface area contributed by atoms with E-state index >= 15 is 0 Å². The van der Waals surface area contributed by atoms with Crippen LogP contribution in [0, 0.1) is 25.2 Å². The summed E-state index contributed by atoms with van der Waals surface area (Å²) in [5, 5.41) is 13.3. The zero-order chi connectivity index (χ0) is 24.1. The predicted octanol–water partition coefficient (Wildman–Crippen LogP) is 8.26. The quantitative estimate of drug-likeness (QED) is 0.226. The first-order valence-electron chi connectivity index (χ1n) is 9.74. The van der Waals surface area contributed by atoms with Crippen molar-refractivity contribution in [3.63, 3.8) is 0 Å². The fourth-order valence-corrected chi connectivity index (χ4v) is 4.82. The number of carbonyl (C=O) groups is 1. The molecule has 8 heteroatoms. The lowest BCUT2D eigenvalue weighted by atomic mass is 10.1. The number of amides is 1. The average molecular weight is 609 g/mol. The van der Waals surface area contributed by atoms with Gasteiger partial charge in [0.15, 0.2) is 0 Å². The van der Waals surface area contributed by atoms with Crippen LogP contribution in [0.4, 0.5) is 5.69 Å². The van der Waals surface area contributed by atoms with Gasteiger partial charge < -0.3 is 10.1 Å². The van der Waals surface area contributed by atoms with Gasteiger partial charge in [-0.05, 0) is 98.8 Å². The minimum atomic E-state index is -0.475. The number of benzene rings is 3. The maximum absolute atomic E-state index is 12.7. The molecule has 0 aliphatic carbocycles. The van der Waals surface area contributed by atoms with E-state index in [0.29, 0.717) is 36.0 Å². The zero-order valence-electron chi connectivity index (χ0n) is 17.7. The van der Waals surface area contributed by atoms with Crippen molar-refractivity contribution >= 4 is 72.7 Å². The fourth-order valence-electron chi connectivity index (χ4n) is 3.04. The normalized spacial score (nSPS) is 11.1. The van der Waals surface area contributed by atoms with E-state index < -0.39 is 5.91 Å². The molecular formula is C25H18Br2Cl2N2O2. The molecule has 0 saturated carbocycles. The van der Waals surface area contributed by atoms with Crippen LogP contribution in [0.2, 0.25) is 10.0 Å². The maximum Gasteiger partial charge on any atom is 0.266 e. The van der Waals surface area contributed by atoms with Crippen molar-refractivity contribution in [2.45, 2.75) is 20.5 Å². The summed E-state index contributed by atoms with van der Waals surface area (Å²) < 4.78 is 7.25. The van der Waals surface area contributed by atoms with Crippen LogP contribution in [0.25, 0.3) is 6.08 Å². The molecule has 168 valence electrons. The third-order valence-electron chi connectivity index (χ3n) is 4.69. The molecule has 3 aromatic rings. The second-order valence-electron chi connectivity index (χ2n) is 7.29. The Morgan fingerprint density at radius 2 is 1.76 bits per heavy atom. The molecule has 3 rings (SSSR count). The smallest absolute Gasteiger partial charge is 0.266 e. The van der Waals surface area contributed by atoms with Crippen molar-refractivity contribution < 1.29 is 9.53 Å². The van der Waals surface area contributed by atoms with E-state index in [1.54, 1.807) is 24.3 Å². The highest BCUT2D eigenvalue weighted by Gasteiger charge is 2.14. The summed E-state index contributed by atoms with van der Waals surface area (Å²) in [4.78, 5) is 12.7. The van der Waals surface area contributed by atoms with Crippen LogP contribution in [0.3, 0.4) is 0 Å². The Kier molecular flexibility index (Phi) is 8.61. The van der Waals surface area contributed by atoms with Crippen molar-refractivity contribution in [2.75, 3.05) is 5.32 Å². The molecule has 0 radical (unpaired) electrons. The van der Waals surface area contributed by atoms with Crippen molar-refractivity contribution in [1.82, 2.24) is 0 Å². The number of rotatable bonds is 6.